The SMILES string of the molecule is [2H]c1c([2H])c([2H])c(-c2cccc(-c3cc(C(C)(C)C)cc(C(C)(C)C)c3)c2N2CN(c3cccc(Oc4cc5c(cc4C([2H])([2H])C(C)C)c4cc(C([2H])([2H])C(C)C)ccc4n5-c4cc(C(C)(C)C)ccn4)c3)c3ccccc32)c([2H])c1[2H]. The lowest BCUT2D eigenvalue weighted by Gasteiger charge is -2.29. The third kappa shape index (κ3) is 9.91. The van der Waals surface area contributed by atoms with E-state index in [2.05, 4.69) is 113 Å². The first-order valence-corrected chi connectivity index (χ1v) is 25.7. The predicted molar refractivity (Wildman–Crippen MR) is 311 cm³/mol. The van der Waals surface area contributed by atoms with Crippen LogP contribution in [0.1, 0.15) is 130 Å². The number of aromatic nitrogens is 2. The molecule has 0 saturated heterocycles. The fraction of sp³-hybridized carbons (Fsp3) is 0.309. The van der Waals surface area contributed by atoms with Crippen molar-refractivity contribution in [1.29, 1.82) is 0 Å². The highest BCUT2D eigenvalue weighted by molar-refractivity contribution is 6.10. The van der Waals surface area contributed by atoms with Gasteiger partial charge in [-0.05, 0) is 134 Å². The Morgan fingerprint density at radius 2 is 1.21 bits per heavy atom. The molecule has 0 fully saturated rings. The van der Waals surface area contributed by atoms with Crippen molar-refractivity contribution in [1.82, 2.24) is 9.55 Å². The van der Waals surface area contributed by atoms with Gasteiger partial charge in [-0.25, -0.2) is 4.98 Å². The highest BCUT2D eigenvalue weighted by Gasteiger charge is 2.32. The van der Waals surface area contributed by atoms with E-state index in [-0.39, 0.29) is 46.5 Å². The second-order valence-electron chi connectivity index (χ2n) is 23.3. The molecular weight excluding hydrogens is 889 g/mol. The van der Waals surface area contributed by atoms with Crippen LogP contribution in [0.3, 0.4) is 0 Å². The van der Waals surface area contributed by atoms with Crippen molar-refractivity contribution >= 4 is 44.6 Å². The number of nitrogens with zero attached hydrogens (tertiary/aromatic N) is 4. The highest BCUT2D eigenvalue weighted by atomic mass is 16.5. The molecule has 0 N–H and O–H groups in total. The van der Waals surface area contributed by atoms with Crippen molar-refractivity contribution in [2.24, 2.45) is 11.8 Å². The summed E-state index contributed by atoms with van der Waals surface area (Å²) in [5.74, 6) is 0.700. The number of hydrogen-bond donors (Lipinski definition) is 0. The van der Waals surface area contributed by atoms with Crippen LogP contribution in [0, 0.1) is 11.8 Å². The van der Waals surface area contributed by atoms with Gasteiger partial charge in [0.2, 0.25) is 0 Å². The number of para-hydroxylation sites is 3. The Labute approximate surface area is 448 Å². The Hall–Kier alpha value is -7.11. The van der Waals surface area contributed by atoms with Crippen molar-refractivity contribution in [3.05, 3.63) is 192 Å². The molecule has 0 atom stereocenters. The Balaban J connectivity index is 1.16. The molecule has 3 heterocycles. The molecule has 2 aromatic heterocycles. The summed E-state index contributed by atoms with van der Waals surface area (Å²) in [5.41, 5.74) is 10.8. The lowest BCUT2D eigenvalue weighted by molar-refractivity contribution is 0.471. The maximum Gasteiger partial charge on any atom is 0.137 e. The van der Waals surface area contributed by atoms with Crippen LogP contribution in [0.5, 0.6) is 11.5 Å². The zero-order valence-electron chi connectivity index (χ0n) is 53.8. The van der Waals surface area contributed by atoms with E-state index in [1.165, 1.54) is 0 Å². The molecule has 0 spiro atoms. The number of anilines is 4. The summed E-state index contributed by atoms with van der Waals surface area (Å²) in [6.07, 6.45) is -1.69. The predicted octanol–water partition coefficient (Wildman–Crippen LogP) is 18.8. The molecule has 9 aromatic rings. The first kappa shape index (κ1) is 39.4. The van der Waals surface area contributed by atoms with Crippen LogP contribution in [0.4, 0.5) is 22.7 Å². The first-order chi connectivity index (χ1) is 38.3. The van der Waals surface area contributed by atoms with Gasteiger partial charge in [-0.1, -0.05) is 181 Å². The van der Waals surface area contributed by atoms with Gasteiger partial charge in [-0.2, -0.15) is 0 Å². The zero-order valence-corrected chi connectivity index (χ0v) is 44.8. The smallest absolute Gasteiger partial charge is 0.137 e. The standard InChI is InChI=1S/C68H74N4O/c1-44(2)33-46-29-30-59-57(35-46)58-38-49(34-45(3)4)63(42-62(58)72(59)64-40-50(31-32-69-64)66(5,6)7)73-54-24-19-23-53(41-54)70-43-71(61-28-18-17-27-60(61)70)65-55(47-21-15-14-16-22-47)25-20-26-56(65)48-36-51(67(8,9)10)39-52(37-48)68(11,12)13/h14-32,35-42,44-45H,33-34,43H2,1-13H3/i14D,15D,16D,21D,22D,33D2,34D2. The van der Waals surface area contributed by atoms with Gasteiger partial charge in [-0.3, -0.25) is 4.57 Å². The highest BCUT2D eigenvalue weighted by Crippen LogP contribution is 2.51. The van der Waals surface area contributed by atoms with E-state index in [1.54, 1.807) is 0 Å². The monoisotopic (exact) mass is 972 g/mol. The van der Waals surface area contributed by atoms with E-state index in [0.717, 1.165) is 66.7 Å². The molecular formula is C68H74N4O. The number of hydrogen-bond acceptors (Lipinski definition) is 4. The van der Waals surface area contributed by atoms with Gasteiger partial charge in [0, 0.05) is 51.4 Å². The summed E-state index contributed by atoms with van der Waals surface area (Å²) in [4.78, 5) is 9.28. The van der Waals surface area contributed by atoms with Gasteiger partial charge in [0.05, 0.1) is 34.9 Å². The Morgan fingerprint density at radius 3 is 1.86 bits per heavy atom. The lowest BCUT2D eigenvalue weighted by Crippen LogP contribution is -2.25. The molecule has 1 aliphatic rings. The summed E-state index contributed by atoms with van der Waals surface area (Å²) >= 11 is 0. The molecule has 7 aromatic carbocycles. The maximum absolute atomic E-state index is 9.68. The minimum atomic E-state index is -1.87. The summed E-state index contributed by atoms with van der Waals surface area (Å²) < 4.78 is 91.5. The number of benzene rings is 7. The van der Waals surface area contributed by atoms with Crippen molar-refractivity contribution in [2.75, 3.05) is 16.5 Å². The van der Waals surface area contributed by atoms with Crippen molar-refractivity contribution < 1.29 is 17.1 Å². The van der Waals surface area contributed by atoms with Crippen molar-refractivity contribution in [3.63, 3.8) is 0 Å². The molecule has 1 aliphatic heterocycles. The Kier molecular flexibility index (Phi) is 10.3. The van der Waals surface area contributed by atoms with Gasteiger partial charge in [0.15, 0.2) is 0 Å². The van der Waals surface area contributed by atoms with Gasteiger partial charge in [0.25, 0.3) is 0 Å². The molecule has 73 heavy (non-hydrogen) atoms. The topological polar surface area (TPSA) is 33.5 Å². The van der Waals surface area contributed by atoms with Crippen LogP contribution in [-0.4, -0.2) is 16.2 Å². The van der Waals surface area contributed by atoms with E-state index in [1.807, 2.05) is 125 Å². The van der Waals surface area contributed by atoms with Crippen molar-refractivity contribution in [3.8, 4) is 39.6 Å². The molecule has 0 bridgehead atoms. The third-order valence-corrected chi connectivity index (χ3v) is 13.8. The molecule has 10 rings (SSSR count). The quantitative estimate of drug-likeness (QED) is 0.129. The van der Waals surface area contributed by atoms with Crippen molar-refractivity contribution in [2.45, 2.75) is 119 Å². The maximum atomic E-state index is 9.68. The number of rotatable bonds is 11. The number of pyridine rings is 1. The molecule has 0 unspecified atom stereocenters. The average Bonchev–Trinajstić information content (AvgIpc) is 3.49. The largest absolute Gasteiger partial charge is 0.457 e. The number of fused-ring (bicyclic) bond motifs is 4. The van der Waals surface area contributed by atoms with Crippen LogP contribution in [0.25, 0.3) is 49.9 Å². The third-order valence-electron chi connectivity index (χ3n) is 13.8. The molecule has 0 radical (unpaired) electrons. The van der Waals surface area contributed by atoms with E-state index in [4.69, 9.17) is 16.6 Å². The van der Waals surface area contributed by atoms with E-state index < -0.39 is 36.8 Å². The normalized spacial score (nSPS) is 15.4. The fourth-order valence-corrected chi connectivity index (χ4v) is 10.0. The Bertz CT molecular complexity index is 3930. The van der Waals surface area contributed by atoms with Crippen LogP contribution >= 0.6 is 0 Å². The second kappa shape index (κ2) is 19.1. The molecule has 5 heteroatoms. The lowest BCUT2D eigenvalue weighted by atomic mass is 9.78. The average molecular weight is 972 g/mol. The van der Waals surface area contributed by atoms with E-state index in [0.29, 0.717) is 39.7 Å². The van der Waals surface area contributed by atoms with Crippen LogP contribution in [0.15, 0.2) is 164 Å². The number of ether oxygens (including phenoxy) is 1. The van der Waals surface area contributed by atoms with Gasteiger partial charge in [0.1, 0.15) is 24.0 Å². The molecule has 372 valence electrons. The summed E-state index contributed by atoms with van der Waals surface area (Å²) in [6.45, 7) is 27.4. The van der Waals surface area contributed by atoms with Gasteiger partial charge >= 0.3 is 0 Å². The van der Waals surface area contributed by atoms with Crippen LogP contribution < -0.4 is 14.5 Å². The minimum Gasteiger partial charge on any atom is -0.457 e. The summed E-state index contributed by atoms with van der Waals surface area (Å²) in [6, 6.07) is 40.1. The summed E-state index contributed by atoms with van der Waals surface area (Å²) in [5, 5.41) is 1.52. The second-order valence-corrected chi connectivity index (χ2v) is 23.3. The van der Waals surface area contributed by atoms with Crippen LogP contribution in [-0.2, 0) is 29.0 Å². The molecule has 0 aliphatic carbocycles. The Morgan fingerprint density at radius 1 is 0.575 bits per heavy atom. The fourth-order valence-electron chi connectivity index (χ4n) is 10.0. The van der Waals surface area contributed by atoms with Crippen LogP contribution in [0.2, 0.25) is 0 Å². The zero-order chi connectivity index (χ0) is 59.5. The molecule has 0 saturated carbocycles. The van der Waals surface area contributed by atoms with E-state index >= 15 is 0 Å². The van der Waals surface area contributed by atoms with Gasteiger partial charge in [-0.15, -0.1) is 0 Å². The minimum absolute atomic E-state index is 0.111. The first-order valence-electron chi connectivity index (χ1n) is 30.2. The molecule has 0 amide bonds. The van der Waals surface area contributed by atoms with E-state index in [9.17, 15) is 5.48 Å². The summed E-state index contributed by atoms with van der Waals surface area (Å²) in [7, 11) is 0. The molecule has 5 nitrogen and oxygen atoms in total. The van der Waals surface area contributed by atoms with Gasteiger partial charge < -0.3 is 14.5 Å².